The van der Waals surface area contributed by atoms with Crippen LogP contribution in [0.1, 0.15) is 13.8 Å². The number of imide groups is 1. The molecule has 0 heterocycles. The Balaban J connectivity index is 4.24. The molecule has 0 radical (unpaired) electrons. The van der Waals surface area contributed by atoms with Crippen LogP contribution in [0.5, 0.6) is 0 Å². The van der Waals surface area contributed by atoms with Crippen molar-refractivity contribution in [2.75, 3.05) is 32.8 Å². The van der Waals surface area contributed by atoms with Crippen LogP contribution < -0.4 is 5.32 Å². The van der Waals surface area contributed by atoms with Gasteiger partial charge in [-0.1, -0.05) is 6.08 Å². The van der Waals surface area contributed by atoms with Crippen molar-refractivity contribution in [2.45, 2.75) is 13.8 Å². The van der Waals surface area contributed by atoms with E-state index in [2.05, 4.69) is 11.3 Å². The highest BCUT2D eigenvalue weighted by atomic mass is 16.5. The average Bonchev–Trinajstić information content (AvgIpc) is 2.29. The smallest absolute Gasteiger partial charge is 0.413 e. The van der Waals surface area contributed by atoms with Crippen molar-refractivity contribution < 1.29 is 23.9 Å². The molecule has 0 saturated heterocycles. The molecule has 19 heavy (non-hydrogen) atoms. The van der Waals surface area contributed by atoms with Crippen molar-refractivity contribution in [3.63, 3.8) is 0 Å². The van der Waals surface area contributed by atoms with Gasteiger partial charge in [-0.2, -0.15) is 0 Å². The molecule has 7 nitrogen and oxygen atoms in total. The molecule has 0 aliphatic carbocycles. The van der Waals surface area contributed by atoms with Gasteiger partial charge in [-0.25, -0.2) is 4.79 Å². The summed E-state index contributed by atoms with van der Waals surface area (Å²) in [5.41, 5.74) is 0. The molecule has 0 rings (SSSR count). The fraction of sp³-hybridized carbons (Fsp3) is 0.583. The van der Waals surface area contributed by atoms with Gasteiger partial charge in [0.05, 0.1) is 26.3 Å². The van der Waals surface area contributed by atoms with Crippen molar-refractivity contribution >= 4 is 18.0 Å². The molecular formula is C12H20N2O5. The molecule has 0 aliphatic heterocycles. The Kier molecular flexibility index (Phi) is 9.07. The minimum atomic E-state index is -0.804. The Morgan fingerprint density at radius 2 is 1.79 bits per heavy atom. The Bertz CT molecular complexity index is 330. The average molecular weight is 272 g/mol. The van der Waals surface area contributed by atoms with E-state index in [1.165, 1.54) is 4.90 Å². The summed E-state index contributed by atoms with van der Waals surface area (Å²) in [5.74, 6) is -0.988. The molecule has 0 atom stereocenters. The van der Waals surface area contributed by atoms with Crippen molar-refractivity contribution in [1.82, 2.24) is 10.2 Å². The standard InChI is InChI=1S/C12H20N2O5/c1-4-7-14(9-11(16)18-5-2)8-10(15)13-12(17)19-6-3/h4H,1,5-9H2,2-3H3,(H,13,15,17). The second-order valence-corrected chi connectivity index (χ2v) is 3.53. The van der Waals surface area contributed by atoms with Crippen molar-refractivity contribution in [3.05, 3.63) is 12.7 Å². The topological polar surface area (TPSA) is 84.9 Å². The second-order valence-electron chi connectivity index (χ2n) is 3.53. The van der Waals surface area contributed by atoms with E-state index in [-0.39, 0.29) is 26.3 Å². The van der Waals surface area contributed by atoms with Crippen LogP contribution in [-0.2, 0) is 19.1 Å². The maximum absolute atomic E-state index is 11.5. The minimum Gasteiger partial charge on any atom is -0.465 e. The lowest BCUT2D eigenvalue weighted by molar-refractivity contribution is -0.144. The van der Waals surface area contributed by atoms with Gasteiger partial charge >= 0.3 is 12.1 Å². The molecule has 0 aromatic heterocycles. The number of nitrogens with zero attached hydrogens (tertiary/aromatic N) is 1. The van der Waals surface area contributed by atoms with E-state index in [0.29, 0.717) is 6.54 Å². The molecule has 0 spiro atoms. The summed E-state index contributed by atoms with van der Waals surface area (Å²) in [7, 11) is 0. The lowest BCUT2D eigenvalue weighted by atomic mass is 10.4. The Labute approximate surface area is 112 Å². The van der Waals surface area contributed by atoms with Crippen LogP contribution in [0.25, 0.3) is 0 Å². The SMILES string of the molecule is C=CCN(CC(=O)NC(=O)OCC)CC(=O)OCC. The van der Waals surface area contributed by atoms with Crippen molar-refractivity contribution in [1.29, 1.82) is 0 Å². The Morgan fingerprint density at radius 3 is 2.32 bits per heavy atom. The van der Waals surface area contributed by atoms with Gasteiger partial charge in [0.1, 0.15) is 0 Å². The molecular weight excluding hydrogens is 252 g/mol. The number of nitrogens with one attached hydrogen (secondary N) is 1. The van der Waals surface area contributed by atoms with E-state index >= 15 is 0 Å². The second kappa shape index (κ2) is 10.1. The summed E-state index contributed by atoms with van der Waals surface area (Å²) in [5, 5.41) is 2.05. The van der Waals surface area contributed by atoms with Gasteiger partial charge in [0.2, 0.25) is 5.91 Å². The molecule has 108 valence electrons. The molecule has 7 heteroatoms. The zero-order valence-corrected chi connectivity index (χ0v) is 11.3. The highest BCUT2D eigenvalue weighted by Gasteiger charge is 2.16. The fourth-order valence-electron chi connectivity index (χ4n) is 1.28. The van der Waals surface area contributed by atoms with Gasteiger partial charge in [-0.15, -0.1) is 6.58 Å². The minimum absolute atomic E-state index is 0.0455. The zero-order valence-electron chi connectivity index (χ0n) is 11.3. The van der Waals surface area contributed by atoms with Gasteiger partial charge in [-0.05, 0) is 13.8 Å². The van der Waals surface area contributed by atoms with Crippen LogP contribution in [0.15, 0.2) is 12.7 Å². The monoisotopic (exact) mass is 272 g/mol. The third-order valence-electron chi connectivity index (χ3n) is 1.93. The van der Waals surface area contributed by atoms with Gasteiger partial charge < -0.3 is 9.47 Å². The first kappa shape index (κ1) is 17.1. The molecule has 1 N–H and O–H groups in total. The van der Waals surface area contributed by atoms with Crippen LogP contribution in [0.4, 0.5) is 4.79 Å². The lowest BCUT2D eigenvalue weighted by Gasteiger charge is -2.18. The number of ether oxygens (including phenoxy) is 2. The number of rotatable bonds is 8. The van der Waals surface area contributed by atoms with E-state index in [9.17, 15) is 14.4 Å². The van der Waals surface area contributed by atoms with Crippen LogP contribution in [0, 0.1) is 0 Å². The molecule has 0 unspecified atom stereocenters. The van der Waals surface area contributed by atoms with Gasteiger partial charge in [-0.3, -0.25) is 19.8 Å². The summed E-state index contributed by atoms with van der Waals surface area (Å²) in [6.45, 7) is 7.48. The molecule has 0 bridgehead atoms. The largest absolute Gasteiger partial charge is 0.465 e. The molecule has 0 aliphatic rings. The molecule has 0 fully saturated rings. The summed E-state index contributed by atoms with van der Waals surface area (Å²) < 4.78 is 9.35. The third kappa shape index (κ3) is 8.78. The summed E-state index contributed by atoms with van der Waals surface area (Å²) in [6, 6.07) is 0. The number of amides is 2. The zero-order chi connectivity index (χ0) is 14.7. The first-order valence-electron chi connectivity index (χ1n) is 5.98. The molecule has 0 aromatic rings. The fourth-order valence-corrected chi connectivity index (χ4v) is 1.28. The van der Waals surface area contributed by atoms with E-state index in [4.69, 9.17) is 4.74 Å². The Hall–Kier alpha value is -1.89. The summed E-state index contributed by atoms with van der Waals surface area (Å²) in [4.78, 5) is 35.4. The Morgan fingerprint density at radius 1 is 1.16 bits per heavy atom. The normalized spacial score (nSPS) is 9.84. The first-order valence-corrected chi connectivity index (χ1v) is 5.98. The van der Waals surface area contributed by atoms with Gasteiger partial charge in [0, 0.05) is 6.54 Å². The van der Waals surface area contributed by atoms with Crippen molar-refractivity contribution in [2.24, 2.45) is 0 Å². The number of alkyl carbamates (subject to hydrolysis) is 1. The van der Waals surface area contributed by atoms with E-state index in [1.54, 1.807) is 19.9 Å². The molecule has 0 aromatic carbocycles. The number of hydrogen-bond donors (Lipinski definition) is 1. The maximum atomic E-state index is 11.5. The van der Waals surface area contributed by atoms with Crippen LogP contribution in [0.3, 0.4) is 0 Å². The predicted molar refractivity (Wildman–Crippen MR) is 68.4 cm³/mol. The number of carbonyl (C=O) groups is 3. The predicted octanol–water partition coefficient (Wildman–Crippen LogP) is 0.310. The maximum Gasteiger partial charge on any atom is 0.413 e. The first-order chi connectivity index (χ1) is 9.03. The molecule has 2 amide bonds. The summed E-state index contributed by atoms with van der Waals surface area (Å²) in [6.07, 6.45) is 0.749. The van der Waals surface area contributed by atoms with Crippen LogP contribution in [0.2, 0.25) is 0 Å². The highest BCUT2D eigenvalue weighted by Crippen LogP contribution is 1.92. The van der Waals surface area contributed by atoms with E-state index in [0.717, 1.165) is 0 Å². The number of hydrogen-bond acceptors (Lipinski definition) is 6. The van der Waals surface area contributed by atoms with E-state index in [1.807, 2.05) is 5.32 Å². The molecule has 0 saturated carbocycles. The van der Waals surface area contributed by atoms with Gasteiger partial charge in [0.15, 0.2) is 0 Å². The quantitative estimate of drug-likeness (QED) is 0.505. The van der Waals surface area contributed by atoms with Crippen LogP contribution in [-0.4, -0.2) is 55.7 Å². The number of esters is 1. The highest BCUT2D eigenvalue weighted by molar-refractivity contribution is 5.93. The van der Waals surface area contributed by atoms with Crippen molar-refractivity contribution in [3.8, 4) is 0 Å². The lowest BCUT2D eigenvalue weighted by Crippen LogP contribution is -2.42. The van der Waals surface area contributed by atoms with E-state index < -0.39 is 18.0 Å². The summed E-state index contributed by atoms with van der Waals surface area (Å²) >= 11 is 0. The number of carbonyl (C=O) groups excluding carboxylic acids is 3. The van der Waals surface area contributed by atoms with Crippen LogP contribution >= 0.6 is 0 Å². The third-order valence-corrected chi connectivity index (χ3v) is 1.93. The van der Waals surface area contributed by atoms with Gasteiger partial charge in [0.25, 0.3) is 0 Å².